The van der Waals surface area contributed by atoms with Crippen LogP contribution in [-0.4, -0.2) is 24.1 Å². The molecule has 0 spiro atoms. The second kappa shape index (κ2) is 6.75. The number of benzene rings is 2. The van der Waals surface area contributed by atoms with E-state index in [1.54, 1.807) is 0 Å². The monoisotopic (exact) mass is 328 g/mol. The number of esters is 1. The predicted molar refractivity (Wildman–Crippen MR) is 90.8 cm³/mol. The number of fused-ring (bicyclic) bond motifs is 1. The molecule has 1 aromatic heterocycles. The number of para-hydroxylation sites is 2. The lowest BCUT2D eigenvalue weighted by Gasteiger charge is -2.15. The molecule has 0 saturated heterocycles. The van der Waals surface area contributed by atoms with Gasteiger partial charge >= 0.3 is 5.97 Å². The number of carbonyl (C=O) groups excluding carboxylic acids is 1. The van der Waals surface area contributed by atoms with Crippen LogP contribution in [0.3, 0.4) is 0 Å². The number of nitrogens with one attached hydrogen (secondary N) is 1. The molecule has 3 rings (SSSR count). The molecule has 2 aromatic carbocycles. The standard InChI is InChI=1S/C17H16N2O3S/c1-21-16(20)14(10-11-6-8-12(23)9-7-11)19-17-18-13-4-2-3-5-15(13)22-17/h2-9,14,23H,10H2,1H3,(H,18,19)/t14-/m0/s1. The molecule has 0 fully saturated rings. The lowest BCUT2D eigenvalue weighted by Crippen LogP contribution is -2.33. The van der Waals surface area contributed by atoms with Gasteiger partial charge in [0.1, 0.15) is 11.6 Å². The zero-order chi connectivity index (χ0) is 16.2. The molecule has 0 aliphatic carbocycles. The third-order valence-electron chi connectivity index (χ3n) is 3.45. The van der Waals surface area contributed by atoms with Gasteiger partial charge in [-0.15, -0.1) is 12.6 Å². The third-order valence-corrected chi connectivity index (χ3v) is 3.75. The topological polar surface area (TPSA) is 64.4 Å². The Balaban J connectivity index is 1.81. The molecule has 6 heteroatoms. The molecule has 1 atom stereocenters. The summed E-state index contributed by atoms with van der Waals surface area (Å²) in [5, 5.41) is 3.01. The van der Waals surface area contributed by atoms with Crippen LogP contribution in [0.2, 0.25) is 0 Å². The van der Waals surface area contributed by atoms with Gasteiger partial charge in [0.05, 0.1) is 7.11 Å². The zero-order valence-electron chi connectivity index (χ0n) is 12.5. The number of rotatable bonds is 5. The highest BCUT2D eigenvalue weighted by molar-refractivity contribution is 7.80. The maximum Gasteiger partial charge on any atom is 0.328 e. The molecule has 0 aliphatic heterocycles. The second-order valence-electron chi connectivity index (χ2n) is 5.08. The first-order chi connectivity index (χ1) is 11.2. The van der Waals surface area contributed by atoms with E-state index in [9.17, 15) is 4.79 Å². The van der Waals surface area contributed by atoms with Gasteiger partial charge in [0.15, 0.2) is 5.58 Å². The Hall–Kier alpha value is -2.47. The van der Waals surface area contributed by atoms with Crippen LogP contribution in [0.15, 0.2) is 57.8 Å². The van der Waals surface area contributed by atoms with Gasteiger partial charge in [-0.1, -0.05) is 24.3 Å². The van der Waals surface area contributed by atoms with Crippen LogP contribution in [0, 0.1) is 0 Å². The molecule has 1 heterocycles. The highest BCUT2D eigenvalue weighted by atomic mass is 32.1. The summed E-state index contributed by atoms with van der Waals surface area (Å²) < 4.78 is 10.5. The van der Waals surface area contributed by atoms with Crippen molar-refractivity contribution in [3.8, 4) is 0 Å². The highest BCUT2D eigenvalue weighted by Gasteiger charge is 2.21. The van der Waals surface area contributed by atoms with Gasteiger partial charge < -0.3 is 14.5 Å². The van der Waals surface area contributed by atoms with E-state index in [1.165, 1.54) is 7.11 Å². The lowest BCUT2D eigenvalue weighted by molar-refractivity contribution is -0.141. The van der Waals surface area contributed by atoms with Crippen molar-refractivity contribution in [2.45, 2.75) is 17.4 Å². The number of methoxy groups -OCH3 is 1. The van der Waals surface area contributed by atoms with Crippen molar-refractivity contribution in [1.29, 1.82) is 0 Å². The van der Waals surface area contributed by atoms with Crippen LogP contribution in [0.1, 0.15) is 5.56 Å². The molecular weight excluding hydrogens is 312 g/mol. The Bertz CT molecular complexity index is 781. The molecule has 0 saturated carbocycles. The number of oxazole rings is 1. The van der Waals surface area contributed by atoms with Crippen molar-refractivity contribution < 1.29 is 13.9 Å². The number of ether oxygens (including phenoxy) is 1. The number of hydrogen-bond donors (Lipinski definition) is 2. The maximum absolute atomic E-state index is 12.0. The van der Waals surface area contributed by atoms with E-state index in [4.69, 9.17) is 9.15 Å². The maximum atomic E-state index is 12.0. The Labute approximate surface area is 139 Å². The fraction of sp³-hybridized carbons (Fsp3) is 0.176. The van der Waals surface area contributed by atoms with Crippen LogP contribution in [-0.2, 0) is 16.0 Å². The third kappa shape index (κ3) is 3.65. The molecule has 0 unspecified atom stereocenters. The summed E-state index contributed by atoms with van der Waals surface area (Å²) in [7, 11) is 1.36. The number of carbonyl (C=O) groups is 1. The van der Waals surface area contributed by atoms with E-state index < -0.39 is 6.04 Å². The van der Waals surface area contributed by atoms with E-state index in [0.717, 1.165) is 16.0 Å². The molecule has 23 heavy (non-hydrogen) atoms. The molecule has 3 aromatic rings. The van der Waals surface area contributed by atoms with Gasteiger partial charge in [0.2, 0.25) is 0 Å². The summed E-state index contributed by atoms with van der Waals surface area (Å²) in [6.07, 6.45) is 0.458. The molecular formula is C17H16N2O3S. The van der Waals surface area contributed by atoms with E-state index in [1.807, 2.05) is 48.5 Å². The zero-order valence-corrected chi connectivity index (χ0v) is 13.4. The minimum Gasteiger partial charge on any atom is -0.467 e. The van der Waals surface area contributed by atoms with Crippen LogP contribution in [0.25, 0.3) is 11.1 Å². The fourth-order valence-corrected chi connectivity index (χ4v) is 2.44. The summed E-state index contributed by atoms with van der Waals surface area (Å²) in [5.41, 5.74) is 2.39. The Kier molecular flexibility index (Phi) is 4.52. The van der Waals surface area contributed by atoms with Gasteiger partial charge in [-0.2, -0.15) is 4.98 Å². The quantitative estimate of drug-likeness (QED) is 0.556. The SMILES string of the molecule is COC(=O)[C@H](Cc1ccc(S)cc1)Nc1nc2ccccc2o1. The summed E-state index contributed by atoms with van der Waals surface area (Å²) in [5.74, 6) is -0.373. The van der Waals surface area contributed by atoms with Crippen molar-refractivity contribution in [3.05, 3.63) is 54.1 Å². The number of nitrogens with zero attached hydrogens (tertiary/aromatic N) is 1. The lowest BCUT2D eigenvalue weighted by atomic mass is 10.1. The van der Waals surface area contributed by atoms with E-state index in [-0.39, 0.29) is 5.97 Å². The van der Waals surface area contributed by atoms with Gasteiger partial charge in [-0.05, 0) is 29.8 Å². The van der Waals surface area contributed by atoms with Gasteiger partial charge in [-0.3, -0.25) is 0 Å². The van der Waals surface area contributed by atoms with Crippen molar-refractivity contribution >= 4 is 35.7 Å². The van der Waals surface area contributed by atoms with Crippen LogP contribution in [0.4, 0.5) is 6.01 Å². The van der Waals surface area contributed by atoms with E-state index in [0.29, 0.717) is 18.0 Å². The van der Waals surface area contributed by atoms with Gasteiger partial charge in [0, 0.05) is 11.3 Å². The molecule has 0 bridgehead atoms. The van der Waals surface area contributed by atoms with Gasteiger partial charge in [-0.25, -0.2) is 4.79 Å². The minimum atomic E-state index is -0.584. The number of thiol groups is 1. The van der Waals surface area contributed by atoms with Gasteiger partial charge in [0.25, 0.3) is 6.01 Å². The summed E-state index contributed by atoms with van der Waals surface area (Å²) in [6, 6.07) is 14.7. The average Bonchev–Trinajstić information content (AvgIpc) is 2.98. The van der Waals surface area contributed by atoms with E-state index in [2.05, 4.69) is 22.9 Å². The molecule has 0 aliphatic rings. The normalized spacial score (nSPS) is 12.1. The smallest absolute Gasteiger partial charge is 0.328 e. The van der Waals surface area contributed by atoms with Crippen LogP contribution < -0.4 is 5.32 Å². The molecule has 118 valence electrons. The fourth-order valence-electron chi connectivity index (χ4n) is 2.29. The summed E-state index contributed by atoms with van der Waals surface area (Å²) in [4.78, 5) is 17.2. The highest BCUT2D eigenvalue weighted by Crippen LogP contribution is 2.20. The second-order valence-corrected chi connectivity index (χ2v) is 5.59. The Morgan fingerprint density at radius 1 is 1.26 bits per heavy atom. The number of anilines is 1. The largest absolute Gasteiger partial charge is 0.467 e. The van der Waals surface area contributed by atoms with Crippen LogP contribution in [0.5, 0.6) is 0 Å². The first-order valence-corrected chi connectivity index (χ1v) is 7.58. The van der Waals surface area contributed by atoms with Crippen molar-refractivity contribution in [3.63, 3.8) is 0 Å². The summed E-state index contributed by atoms with van der Waals surface area (Å²) >= 11 is 4.26. The van der Waals surface area contributed by atoms with Crippen molar-refractivity contribution in [2.24, 2.45) is 0 Å². The Morgan fingerprint density at radius 3 is 2.70 bits per heavy atom. The molecule has 0 radical (unpaired) electrons. The first kappa shape index (κ1) is 15.4. The minimum absolute atomic E-state index is 0.299. The Morgan fingerprint density at radius 2 is 2.00 bits per heavy atom. The van der Waals surface area contributed by atoms with E-state index >= 15 is 0 Å². The molecule has 0 amide bonds. The van der Waals surface area contributed by atoms with Crippen LogP contribution >= 0.6 is 12.6 Å². The number of aromatic nitrogens is 1. The van der Waals surface area contributed by atoms with Crippen molar-refractivity contribution in [2.75, 3.05) is 12.4 Å². The number of hydrogen-bond acceptors (Lipinski definition) is 6. The molecule has 5 nitrogen and oxygen atoms in total. The predicted octanol–water partition coefficient (Wildman–Crippen LogP) is 3.31. The van der Waals surface area contributed by atoms with Crippen molar-refractivity contribution in [1.82, 2.24) is 4.98 Å². The summed E-state index contributed by atoms with van der Waals surface area (Å²) in [6.45, 7) is 0. The molecule has 1 N–H and O–H groups in total. The first-order valence-electron chi connectivity index (χ1n) is 7.13. The average molecular weight is 328 g/mol.